The Morgan fingerprint density at radius 1 is 0.951 bits per heavy atom. The van der Waals surface area contributed by atoms with Crippen LogP contribution in [0.1, 0.15) is 115 Å². The normalized spacial score (nSPS) is 15.4. The van der Waals surface area contributed by atoms with Crippen molar-refractivity contribution in [3.05, 3.63) is 71.4 Å². The lowest BCUT2D eigenvalue weighted by Crippen LogP contribution is -2.47. The number of rotatable bonds is 16. The number of imidazole rings is 1. The Labute approximate surface area is 358 Å². The minimum atomic E-state index is -0.910. The number of amides is 2. The highest BCUT2D eigenvalue weighted by molar-refractivity contribution is 6.11. The Balaban J connectivity index is 1.11. The topological polar surface area (TPSA) is 151 Å². The number of pyridine rings is 2. The number of fused-ring (bicyclic) bond motifs is 2. The van der Waals surface area contributed by atoms with Crippen LogP contribution < -0.4 is 10.2 Å². The van der Waals surface area contributed by atoms with Gasteiger partial charge in [-0.15, -0.1) is 0 Å². The van der Waals surface area contributed by atoms with E-state index in [0.717, 1.165) is 48.4 Å². The lowest BCUT2D eigenvalue weighted by molar-refractivity contribution is -0.154. The summed E-state index contributed by atoms with van der Waals surface area (Å²) in [6.07, 6.45) is 8.74. The van der Waals surface area contributed by atoms with E-state index in [1.165, 1.54) is 12.1 Å². The Bertz CT molecular complexity index is 2200. The second kappa shape index (κ2) is 18.9. The maximum absolute atomic E-state index is 14.1. The van der Waals surface area contributed by atoms with Gasteiger partial charge in [-0.2, -0.15) is 0 Å². The second-order valence-corrected chi connectivity index (χ2v) is 18.5. The average molecular weight is 844 g/mol. The van der Waals surface area contributed by atoms with Crippen LogP contribution in [0.3, 0.4) is 0 Å². The highest BCUT2D eigenvalue weighted by Gasteiger charge is 2.39. The largest absolute Gasteiger partial charge is 0.460 e. The number of benzene rings is 1. The number of esters is 1. The summed E-state index contributed by atoms with van der Waals surface area (Å²) in [5.41, 5.74) is 2.75. The average Bonchev–Trinajstić information content (AvgIpc) is 3.74. The summed E-state index contributed by atoms with van der Waals surface area (Å²) in [6, 6.07) is 10.2. The van der Waals surface area contributed by atoms with Gasteiger partial charge in [0.1, 0.15) is 28.5 Å². The number of anilines is 3. The van der Waals surface area contributed by atoms with Crippen LogP contribution in [0.4, 0.5) is 26.4 Å². The first-order valence-corrected chi connectivity index (χ1v) is 21.3. The summed E-state index contributed by atoms with van der Waals surface area (Å²) >= 11 is 0. The molecule has 15 heteroatoms. The molecule has 330 valence electrons. The number of halogens is 1. The number of nitrogens with one attached hydrogen (secondary N) is 1. The molecule has 2 N–H and O–H groups in total. The van der Waals surface area contributed by atoms with E-state index in [1.54, 1.807) is 43.6 Å². The Hall–Kier alpha value is -5.12. The second-order valence-electron chi connectivity index (χ2n) is 18.5. The summed E-state index contributed by atoms with van der Waals surface area (Å²) in [6.45, 7) is 13.5. The van der Waals surface area contributed by atoms with Gasteiger partial charge in [0.2, 0.25) is 0 Å². The number of piperidine rings is 1. The monoisotopic (exact) mass is 843 g/mol. The lowest BCUT2D eigenvalue weighted by atomic mass is 9.92. The van der Waals surface area contributed by atoms with Gasteiger partial charge in [-0.3, -0.25) is 14.0 Å². The van der Waals surface area contributed by atoms with Crippen molar-refractivity contribution < 1.29 is 38.1 Å². The van der Waals surface area contributed by atoms with Crippen LogP contribution in [0, 0.1) is 5.82 Å². The quantitative estimate of drug-likeness (QED) is 0.0826. The van der Waals surface area contributed by atoms with E-state index in [0.29, 0.717) is 85.0 Å². The number of carbonyl (C=O) groups excluding carboxylic acids is 3. The number of carbonyl (C=O) groups is 3. The highest BCUT2D eigenvalue weighted by Crippen LogP contribution is 2.39. The Morgan fingerprint density at radius 2 is 1.66 bits per heavy atom. The van der Waals surface area contributed by atoms with Crippen molar-refractivity contribution in [3.8, 4) is 11.3 Å². The van der Waals surface area contributed by atoms with Crippen molar-refractivity contribution in [1.29, 1.82) is 0 Å². The molecule has 1 fully saturated rings. The summed E-state index contributed by atoms with van der Waals surface area (Å²) in [5, 5.41) is 14.8. The van der Waals surface area contributed by atoms with E-state index in [2.05, 4.69) is 15.2 Å². The van der Waals surface area contributed by atoms with Gasteiger partial charge in [0.05, 0.1) is 53.3 Å². The standard InChI is InChI=1S/C46H62FN7O7/c1-44(2,3)60-40(55)14-12-10-9-11-13-25-59-30-46(58)20-23-52(24-21-46)36-17-18-38(50-35(36)29-51(7)8)49-34-16-15-32(37-27-48-39-26-31(47)19-22-53(37)39)33-28-54(42(56)41(33)34)43(57)61-45(4,5)6/h15-19,22,26-27,58H,9-14,20-21,23-25,28-30H2,1-8H3,(H,49,50). The summed E-state index contributed by atoms with van der Waals surface area (Å²) in [4.78, 5) is 54.2. The molecule has 1 aromatic carbocycles. The SMILES string of the molecule is CN(C)Cc1nc(Nc2ccc(-c3cnc4cc(F)ccn34)c3c2C(=O)N(C(=O)OC(C)(C)C)C3)ccc1N1CCC(O)(COCCCCCCCC(=O)OC(C)(C)C)CC1. The van der Waals surface area contributed by atoms with Crippen molar-refractivity contribution in [2.45, 2.75) is 123 Å². The fourth-order valence-corrected chi connectivity index (χ4v) is 7.76. The fraction of sp³-hybridized carbons (Fsp3) is 0.543. The molecule has 5 heterocycles. The van der Waals surface area contributed by atoms with Crippen molar-refractivity contribution in [2.75, 3.05) is 50.6 Å². The predicted octanol–water partition coefficient (Wildman–Crippen LogP) is 8.26. The van der Waals surface area contributed by atoms with Crippen LogP contribution in [-0.2, 0) is 32.1 Å². The van der Waals surface area contributed by atoms with Crippen molar-refractivity contribution in [1.82, 2.24) is 24.2 Å². The maximum atomic E-state index is 14.1. The molecule has 0 atom stereocenters. The van der Waals surface area contributed by atoms with Crippen LogP contribution in [0.15, 0.2) is 48.8 Å². The van der Waals surface area contributed by atoms with E-state index >= 15 is 0 Å². The molecular weight excluding hydrogens is 782 g/mol. The minimum absolute atomic E-state index is 0.0221. The van der Waals surface area contributed by atoms with Gasteiger partial charge in [-0.25, -0.2) is 24.1 Å². The van der Waals surface area contributed by atoms with Crippen molar-refractivity contribution in [2.24, 2.45) is 0 Å². The van der Waals surface area contributed by atoms with Gasteiger partial charge < -0.3 is 34.4 Å². The molecule has 0 spiro atoms. The molecule has 0 bridgehead atoms. The number of unbranched alkanes of at least 4 members (excludes halogenated alkanes) is 4. The van der Waals surface area contributed by atoms with E-state index in [1.807, 2.05) is 58.0 Å². The van der Waals surface area contributed by atoms with Crippen LogP contribution in [-0.4, -0.2) is 104 Å². The van der Waals surface area contributed by atoms with Crippen LogP contribution >= 0.6 is 0 Å². The maximum Gasteiger partial charge on any atom is 0.417 e. The summed E-state index contributed by atoms with van der Waals surface area (Å²) < 4.78 is 32.8. The first-order valence-electron chi connectivity index (χ1n) is 21.3. The number of hydrogen-bond donors (Lipinski definition) is 2. The molecule has 0 radical (unpaired) electrons. The molecule has 4 aromatic rings. The van der Waals surface area contributed by atoms with Crippen molar-refractivity contribution in [3.63, 3.8) is 0 Å². The van der Waals surface area contributed by atoms with Gasteiger partial charge in [0.25, 0.3) is 5.91 Å². The van der Waals surface area contributed by atoms with Gasteiger partial charge in [-0.05, 0) is 111 Å². The molecular formula is C46H62FN7O7. The molecule has 2 aliphatic rings. The summed E-state index contributed by atoms with van der Waals surface area (Å²) in [7, 11) is 3.96. The molecule has 2 amide bonds. The fourth-order valence-electron chi connectivity index (χ4n) is 7.76. The molecule has 0 unspecified atom stereocenters. The van der Waals surface area contributed by atoms with E-state index in [-0.39, 0.29) is 19.1 Å². The third-order valence-electron chi connectivity index (χ3n) is 10.6. The molecule has 14 nitrogen and oxygen atoms in total. The number of ether oxygens (including phenoxy) is 3. The number of imide groups is 1. The zero-order chi connectivity index (χ0) is 44.1. The Morgan fingerprint density at radius 3 is 2.36 bits per heavy atom. The Kier molecular flexibility index (Phi) is 14.0. The first kappa shape index (κ1) is 45.4. The van der Waals surface area contributed by atoms with Gasteiger partial charge in [0.15, 0.2) is 0 Å². The molecule has 1 saturated heterocycles. The van der Waals surface area contributed by atoms with E-state index < -0.39 is 34.6 Å². The first-order chi connectivity index (χ1) is 28.8. The summed E-state index contributed by atoms with van der Waals surface area (Å²) in [5.74, 6) is -0.541. The predicted molar refractivity (Wildman–Crippen MR) is 232 cm³/mol. The third-order valence-corrected chi connectivity index (χ3v) is 10.6. The molecule has 0 saturated carbocycles. The zero-order valence-electron chi connectivity index (χ0n) is 37.0. The smallest absolute Gasteiger partial charge is 0.417 e. The van der Waals surface area contributed by atoms with E-state index in [4.69, 9.17) is 19.2 Å². The van der Waals surface area contributed by atoms with Gasteiger partial charge in [-0.1, -0.05) is 25.3 Å². The van der Waals surface area contributed by atoms with Gasteiger partial charge >= 0.3 is 12.1 Å². The van der Waals surface area contributed by atoms with E-state index in [9.17, 15) is 23.9 Å². The number of nitrogens with zero attached hydrogens (tertiary/aromatic N) is 6. The number of aliphatic hydroxyl groups is 1. The molecule has 0 aliphatic carbocycles. The third kappa shape index (κ3) is 11.8. The molecule has 2 aliphatic heterocycles. The number of aromatic nitrogens is 3. The van der Waals surface area contributed by atoms with Crippen LogP contribution in [0.25, 0.3) is 16.9 Å². The minimum Gasteiger partial charge on any atom is -0.460 e. The molecule has 3 aromatic heterocycles. The van der Waals surface area contributed by atoms with Crippen LogP contribution in [0.5, 0.6) is 0 Å². The molecule has 61 heavy (non-hydrogen) atoms. The van der Waals surface area contributed by atoms with Gasteiger partial charge in [0, 0.05) is 50.5 Å². The molecule has 6 rings (SSSR count). The van der Waals surface area contributed by atoms with Crippen LogP contribution in [0.2, 0.25) is 0 Å². The highest BCUT2D eigenvalue weighted by atomic mass is 19.1. The zero-order valence-corrected chi connectivity index (χ0v) is 37.0. The number of hydrogen-bond acceptors (Lipinski definition) is 12. The van der Waals surface area contributed by atoms with Crippen molar-refractivity contribution >= 4 is 40.8 Å². The lowest BCUT2D eigenvalue weighted by Gasteiger charge is -2.39.